The van der Waals surface area contributed by atoms with E-state index in [0.29, 0.717) is 22.6 Å². The third kappa shape index (κ3) is 6.16. The zero-order valence-electron chi connectivity index (χ0n) is 18.9. The van der Waals surface area contributed by atoms with Crippen LogP contribution in [0.2, 0.25) is 0 Å². The summed E-state index contributed by atoms with van der Waals surface area (Å²) in [5, 5.41) is 2.50. The van der Waals surface area contributed by atoms with Gasteiger partial charge in [-0.25, -0.2) is 0 Å². The van der Waals surface area contributed by atoms with Gasteiger partial charge in [-0.15, -0.1) is 0 Å². The molecule has 0 spiro atoms. The molecule has 0 unspecified atom stereocenters. The zero-order chi connectivity index (χ0) is 24.0. The third-order valence-electron chi connectivity index (χ3n) is 4.85. The standard InChI is InChI=1S/C25H26N4O4/c1-25(2,3)18-9-5-16(6-10-18)22(30)28-29-23(31)17-7-11-19(12-8-17)33-20-13-14-27-21(15-20)24(32)26-4/h5-15H,1-4H3,(H,26,32)(H,28,30)(H,29,31). The number of pyridine rings is 1. The van der Waals surface area contributed by atoms with Crippen LogP contribution in [-0.4, -0.2) is 29.8 Å². The normalized spacial score (nSPS) is 10.8. The van der Waals surface area contributed by atoms with E-state index in [0.717, 1.165) is 5.56 Å². The molecular formula is C25H26N4O4. The van der Waals surface area contributed by atoms with Crippen LogP contribution < -0.4 is 20.9 Å². The summed E-state index contributed by atoms with van der Waals surface area (Å²) in [6, 6.07) is 16.7. The molecule has 3 amide bonds. The largest absolute Gasteiger partial charge is 0.457 e. The Bertz CT molecular complexity index is 1150. The molecule has 1 aromatic heterocycles. The summed E-state index contributed by atoms with van der Waals surface area (Å²) in [7, 11) is 1.52. The number of ether oxygens (including phenoxy) is 1. The quantitative estimate of drug-likeness (QED) is 0.519. The molecule has 3 N–H and O–H groups in total. The summed E-state index contributed by atoms with van der Waals surface area (Å²) in [6.07, 6.45) is 1.47. The zero-order valence-corrected chi connectivity index (χ0v) is 18.9. The lowest BCUT2D eigenvalue weighted by molar-refractivity contribution is 0.0846. The van der Waals surface area contributed by atoms with E-state index in [4.69, 9.17) is 4.74 Å². The second-order valence-electron chi connectivity index (χ2n) is 8.32. The molecule has 0 aliphatic rings. The monoisotopic (exact) mass is 446 g/mol. The van der Waals surface area contributed by atoms with Gasteiger partial charge in [0, 0.05) is 30.4 Å². The molecule has 0 saturated heterocycles. The average Bonchev–Trinajstić information content (AvgIpc) is 2.82. The van der Waals surface area contributed by atoms with Crippen LogP contribution in [0.1, 0.15) is 57.5 Å². The Morgan fingerprint density at radius 2 is 1.30 bits per heavy atom. The van der Waals surface area contributed by atoms with Crippen molar-refractivity contribution in [1.29, 1.82) is 0 Å². The van der Waals surface area contributed by atoms with E-state index in [1.54, 1.807) is 42.5 Å². The second kappa shape index (κ2) is 9.95. The van der Waals surface area contributed by atoms with Gasteiger partial charge in [0.25, 0.3) is 17.7 Å². The second-order valence-corrected chi connectivity index (χ2v) is 8.32. The first-order valence-electron chi connectivity index (χ1n) is 10.3. The molecule has 0 fully saturated rings. The van der Waals surface area contributed by atoms with Gasteiger partial charge >= 0.3 is 0 Å². The Hall–Kier alpha value is -4.20. The van der Waals surface area contributed by atoms with Gasteiger partial charge in [-0.05, 0) is 53.4 Å². The van der Waals surface area contributed by atoms with Crippen molar-refractivity contribution >= 4 is 17.7 Å². The SMILES string of the molecule is CNC(=O)c1cc(Oc2ccc(C(=O)NNC(=O)c3ccc(C(C)(C)C)cc3)cc2)ccn1. The van der Waals surface area contributed by atoms with Gasteiger partial charge in [-0.2, -0.15) is 0 Å². The van der Waals surface area contributed by atoms with E-state index < -0.39 is 11.8 Å². The minimum absolute atomic E-state index is 0.0110. The summed E-state index contributed by atoms with van der Waals surface area (Å²) >= 11 is 0. The molecule has 8 heteroatoms. The van der Waals surface area contributed by atoms with Crippen molar-refractivity contribution in [2.75, 3.05) is 7.05 Å². The van der Waals surface area contributed by atoms with Gasteiger partial charge in [0.1, 0.15) is 17.2 Å². The number of nitrogens with zero attached hydrogens (tertiary/aromatic N) is 1. The summed E-state index contributed by atoms with van der Waals surface area (Å²) in [5.74, 6) is -0.283. The lowest BCUT2D eigenvalue weighted by atomic mass is 9.87. The van der Waals surface area contributed by atoms with E-state index in [9.17, 15) is 14.4 Å². The first-order chi connectivity index (χ1) is 15.7. The molecule has 0 atom stereocenters. The molecule has 0 aliphatic carbocycles. The number of hydrazine groups is 1. The van der Waals surface area contributed by atoms with Crippen molar-refractivity contribution < 1.29 is 19.1 Å². The summed E-state index contributed by atoms with van der Waals surface area (Å²) < 4.78 is 5.72. The Morgan fingerprint density at radius 3 is 1.82 bits per heavy atom. The number of hydrogen-bond donors (Lipinski definition) is 3. The van der Waals surface area contributed by atoms with Crippen LogP contribution in [-0.2, 0) is 5.41 Å². The molecule has 2 aromatic carbocycles. The number of amides is 3. The minimum Gasteiger partial charge on any atom is -0.457 e. The highest BCUT2D eigenvalue weighted by Gasteiger charge is 2.15. The van der Waals surface area contributed by atoms with Crippen LogP contribution in [0.25, 0.3) is 0 Å². The third-order valence-corrected chi connectivity index (χ3v) is 4.85. The smallest absolute Gasteiger partial charge is 0.269 e. The molecule has 0 bridgehead atoms. The Balaban J connectivity index is 1.57. The minimum atomic E-state index is -0.466. The van der Waals surface area contributed by atoms with Crippen molar-refractivity contribution in [3.63, 3.8) is 0 Å². The van der Waals surface area contributed by atoms with Crippen LogP contribution in [0.3, 0.4) is 0 Å². The number of nitrogens with one attached hydrogen (secondary N) is 3. The predicted molar refractivity (Wildman–Crippen MR) is 124 cm³/mol. The summed E-state index contributed by atoms with van der Waals surface area (Å²) in [4.78, 5) is 40.4. The maximum absolute atomic E-state index is 12.4. The van der Waals surface area contributed by atoms with Crippen molar-refractivity contribution in [3.05, 3.63) is 89.2 Å². The molecule has 170 valence electrons. The average molecular weight is 447 g/mol. The number of rotatable bonds is 5. The van der Waals surface area contributed by atoms with Crippen LogP contribution in [0.4, 0.5) is 0 Å². The maximum Gasteiger partial charge on any atom is 0.269 e. The first kappa shape index (κ1) is 23.5. The number of carbonyl (C=O) groups excluding carboxylic acids is 3. The van der Waals surface area contributed by atoms with Gasteiger partial charge in [0.05, 0.1) is 0 Å². The van der Waals surface area contributed by atoms with Gasteiger partial charge in [0.2, 0.25) is 0 Å². The molecule has 0 aliphatic heterocycles. The van der Waals surface area contributed by atoms with E-state index in [-0.39, 0.29) is 17.0 Å². The highest BCUT2D eigenvalue weighted by atomic mass is 16.5. The fraction of sp³-hybridized carbons (Fsp3) is 0.200. The lowest BCUT2D eigenvalue weighted by Crippen LogP contribution is -2.41. The predicted octanol–water partition coefficient (Wildman–Crippen LogP) is 3.61. The molecule has 0 radical (unpaired) electrons. The van der Waals surface area contributed by atoms with Crippen molar-refractivity contribution in [1.82, 2.24) is 21.2 Å². The van der Waals surface area contributed by atoms with Crippen LogP contribution >= 0.6 is 0 Å². The summed E-state index contributed by atoms with van der Waals surface area (Å²) in [5.41, 5.74) is 6.94. The summed E-state index contributed by atoms with van der Waals surface area (Å²) in [6.45, 7) is 6.29. The van der Waals surface area contributed by atoms with Crippen molar-refractivity contribution in [2.24, 2.45) is 0 Å². The Kier molecular flexibility index (Phi) is 7.07. The van der Waals surface area contributed by atoms with Gasteiger partial charge in [-0.1, -0.05) is 32.9 Å². The van der Waals surface area contributed by atoms with Crippen LogP contribution in [0, 0.1) is 0 Å². The fourth-order valence-corrected chi connectivity index (χ4v) is 2.92. The van der Waals surface area contributed by atoms with E-state index >= 15 is 0 Å². The number of benzene rings is 2. The number of carbonyl (C=O) groups is 3. The van der Waals surface area contributed by atoms with Gasteiger partial charge < -0.3 is 10.1 Å². The van der Waals surface area contributed by atoms with Crippen LogP contribution in [0.5, 0.6) is 11.5 Å². The Morgan fingerprint density at radius 1 is 0.758 bits per heavy atom. The highest BCUT2D eigenvalue weighted by Crippen LogP contribution is 2.23. The lowest BCUT2D eigenvalue weighted by Gasteiger charge is -2.19. The van der Waals surface area contributed by atoms with Crippen molar-refractivity contribution in [2.45, 2.75) is 26.2 Å². The van der Waals surface area contributed by atoms with Gasteiger partial charge in [-0.3, -0.25) is 30.2 Å². The van der Waals surface area contributed by atoms with E-state index in [2.05, 4.69) is 41.9 Å². The highest BCUT2D eigenvalue weighted by molar-refractivity contribution is 5.99. The van der Waals surface area contributed by atoms with E-state index in [1.165, 1.54) is 19.3 Å². The maximum atomic E-state index is 12.4. The molecule has 3 aromatic rings. The Labute approximate surface area is 192 Å². The fourth-order valence-electron chi connectivity index (χ4n) is 2.92. The van der Waals surface area contributed by atoms with Crippen molar-refractivity contribution in [3.8, 4) is 11.5 Å². The van der Waals surface area contributed by atoms with E-state index in [1.807, 2.05) is 12.1 Å². The molecule has 0 saturated carbocycles. The van der Waals surface area contributed by atoms with Gasteiger partial charge in [0.15, 0.2) is 0 Å². The molecule has 33 heavy (non-hydrogen) atoms. The molecular weight excluding hydrogens is 420 g/mol. The molecule has 1 heterocycles. The molecule has 8 nitrogen and oxygen atoms in total. The number of hydrogen-bond acceptors (Lipinski definition) is 5. The van der Waals surface area contributed by atoms with Crippen LogP contribution in [0.15, 0.2) is 66.9 Å². The molecule has 3 rings (SSSR count). The first-order valence-corrected chi connectivity index (χ1v) is 10.3. The number of aromatic nitrogens is 1. The topological polar surface area (TPSA) is 109 Å².